The first kappa shape index (κ1) is 18.1. The minimum atomic E-state index is -1.03. The fourth-order valence-electron chi connectivity index (χ4n) is 3.25. The first-order chi connectivity index (χ1) is 10.9. The van der Waals surface area contributed by atoms with E-state index in [4.69, 9.17) is 0 Å². The van der Waals surface area contributed by atoms with Gasteiger partial charge in [0, 0.05) is 11.1 Å². The Kier molecular flexibility index (Phi) is 4.49. The van der Waals surface area contributed by atoms with Crippen molar-refractivity contribution >= 4 is 5.97 Å². The van der Waals surface area contributed by atoms with Gasteiger partial charge >= 0.3 is 5.97 Å². The molecular weight excluding hydrogens is 300 g/mol. The molecule has 2 rings (SSSR count). The van der Waals surface area contributed by atoms with E-state index in [1.54, 1.807) is 0 Å². The number of aromatic hydroxyl groups is 1. The molecule has 3 nitrogen and oxygen atoms in total. The molecule has 128 valence electrons. The van der Waals surface area contributed by atoms with E-state index in [9.17, 15) is 15.0 Å². The number of phenolic OH excluding ortho intramolecular Hbond substituents is 1. The SMILES string of the molecule is CC(C)(C)c1c(O)cc(C(=O)O)c(-c2ccccc2)c1C(C)(C)C. The number of benzene rings is 2. The van der Waals surface area contributed by atoms with Crippen LogP contribution in [0.25, 0.3) is 11.1 Å². The molecule has 0 aromatic heterocycles. The highest BCUT2D eigenvalue weighted by Gasteiger charge is 2.33. The number of hydrogen-bond donors (Lipinski definition) is 2. The Labute approximate surface area is 144 Å². The Morgan fingerprint density at radius 1 is 0.875 bits per heavy atom. The van der Waals surface area contributed by atoms with E-state index >= 15 is 0 Å². The van der Waals surface area contributed by atoms with Crippen molar-refractivity contribution in [3.63, 3.8) is 0 Å². The fourth-order valence-corrected chi connectivity index (χ4v) is 3.25. The van der Waals surface area contributed by atoms with Crippen molar-refractivity contribution in [3.05, 3.63) is 53.1 Å². The molecule has 2 aromatic rings. The third-order valence-electron chi connectivity index (χ3n) is 4.10. The second kappa shape index (κ2) is 5.97. The van der Waals surface area contributed by atoms with Crippen LogP contribution in [0.1, 0.15) is 63.0 Å². The normalized spacial score (nSPS) is 12.2. The molecule has 0 aliphatic carbocycles. The molecule has 0 atom stereocenters. The van der Waals surface area contributed by atoms with E-state index in [0.29, 0.717) is 5.56 Å². The molecule has 2 aromatic carbocycles. The largest absolute Gasteiger partial charge is 0.508 e. The smallest absolute Gasteiger partial charge is 0.336 e. The second-order valence-electron chi connectivity index (χ2n) is 8.24. The summed E-state index contributed by atoms with van der Waals surface area (Å²) >= 11 is 0. The van der Waals surface area contributed by atoms with Crippen molar-refractivity contribution in [2.75, 3.05) is 0 Å². The van der Waals surface area contributed by atoms with Gasteiger partial charge in [-0.1, -0.05) is 71.9 Å². The summed E-state index contributed by atoms with van der Waals surface area (Å²) < 4.78 is 0. The molecule has 2 N–H and O–H groups in total. The molecule has 0 amide bonds. The maximum Gasteiger partial charge on any atom is 0.336 e. The molecular formula is C21H26O3. The van der Waals surface area contributed by atoms with Gasteiger partial charge in [-0.3, -0.25) is 0 Å². The summed E-state index contributed by atoms with van der Waals surface area (Å²) in [5, 5.41) is 20.4. The first-order valence-electron chi connectivity index (χ1n) is 8.14. The highest BCUT2D eigenvalue weighted by atomic mass is 16.4. The van der Waals surface area contributed by atoms with Gasteiger partial charge in [-0.05, 0) is 28.0 Å². The van der Waals surface area contributed by atoms with Crippen LogP contribution in [0.3, 0.4) is 0 Å². The number of hydrogen-bond acceptors (Lipinski definition) is 2. The standard InChI is InChI=1S/C21H26O3/c1-20(2,3)17-15(22)12-14(19(23)24)16(18(17)21(4,5)6)13-10-8-7-9-11-13/h7-12,22H,1-6H3,(H,23,24). The highest BCUT2D eigenvalue weighted by molar-refractivity contribution is 5.98. The average Bonchev–Trinajstić information content (AvgIpc) is 2.44. The van der Waals surface area contributed by atoms with Gasteiger partial charge in [-0.2, -0.15) is 0 Å². The zero-order chi connectivity index (χ0) is 18.3. The van der Waals surface area contributed by atoms with Crippen LogP contribution in [0.15, 0.2) is 36.4 Å². The maximum atomic E-state index is 11.9. The third kappa shape index (κ3) is 3.30. The lowest BCUT2D eigenvalue weighted by molar-refractivity contribution is 0.0697. The third-order valence-corrected chi connectivity index (χ3v) is 4.10. The van der Waals surface area contributed by atoms with E-state index in [1.165, 1.54) is 6.07 Å². The monoisotopic (exact) mass is 326 g/mol. The Bertz CT molecular complexity index is 760. The summed E-state index contributed by atoms with van der Waals surface area (Å²) in [5.41, 5.74) is 2.74. The summed E-state index contributed by atoms with van der Waals surface area (Å²) in [6.45, 7) is 12.3. The number of carboxylic acid groups (broad SMARTS) is 1. The molecule has 0 aliphatic rings. The lowest BCUT2D eigenvalue weighted by atomic mass is 9.70. The Morgan fingerprint density at radius 3 is 1.79 bits per heavy atom. The van der Waals surface area contributed by atoms with E-state index in [1.807, 2.05) is 51.1 Å². The number of phenols is 1. The van der Waals surface area contributed by atoms with Crippen LogP contribution >= 0.6 is 0 Å². The topological polar surface area (TPSA) is 57.5 Å². The maximum absolute atomic E-state index is 11.9. The summed E-state index contributed by atoms with van der Waals surface area (Å²) in [6.07, 6.45) is 0. The predicted molar refractivity (Wildman–Crippen MR) is 97.9 cm³/mol. The lowest BCUT2D eigenvalue weighted by Gasteiger charge is -2.34. The van der Waals surface area contributed by atoms with Gasteiger partial charge in [0.05, 0.1) is 5.56 Å². The first-order valence-corrected chi connectivity index (χ1v) is 8.14. The molecule has 0 fully saturated rings. The Balaban J connectivity index is 3.07. The second-order valence-corrected chi connectivity index (χ2v) is 8.24. The van der Waals surface area contributed by atoms with Crippen LogP contribution in [0.4, 0.5) is 0 Å². The van der Waals surface area contributed by atoms with Crippen molar-refractivity contribution in [3.8, 4) is 16.9 Å². The zero-order valence-electron chi connectivity index (χ0n) is 15.3. The number of carboxylic acids is 1. The molecule has 0 heterocycles. The molecule has 3 heteroatoms. The summed E-state index contributed by atoms with van der Waals surface area (Å²) in [4.78, 5) is 11.9. The van der Waals surface area contributed by atoms with Crippen molar-refractivity contribution in [1.29, 1.82) is 0 Å². The number of rotatable bonds is 2. The number of aromatic carboxylic acids is 1. The lowest BCUT2D eigenvalue weighted by Crippen LogP contribution is -2.24. The minimum Gasteiger partial charge on any atom is -0.508 e. The van der Waals surface area contributed by atoms with Gasteiger partial charge in [-0.25, -0.2) is 4.79 Å². The van der Waals surface area contributed by atoms with E-state index < -0.39 is 5.97 Å². The van der Waals surface area contributed by atoms with Gasteiger partial charge < -0.3 is 10.2 Å². The van der Waals surface area contributed by atoms with Gasteiger partial charge in [-0.15, -0.1) is 0 Å². The molecule has 0 radical (unpaired) electrons. The van der Waals surface area contributed by atoms with Crippen molar-refractivity contribution < 1.29 is 15.0 Å². The van der Waals surface area contributed by atoms with Crippen molar-refractivity contribution in [2.45, 2.75) is 52.4 Å². The van der Waals surface area contributed by atoms with Crippen LogP contribution < -0.4 is 0 Å². The fraction of sp³-hybridized carbons (Fsp3) is 0.381. The molecule has 0 unspecified atom stereocenters. The molecule has 0 aliphatic heterocycles. The summed E-state index contributed by atoms with van der Waals surface area (Å²) in [6, 6.07) is 10.9. The Hall–Kier alpha value is -2.29. The highest BCUT2D eigenvalue weighted by Crippen LogP contribution is 2.46. The van der Waals surface area contributed by atoms with Crippen LogP contribution in [0.2, 0.25) is 0 Å². The van der Waals surface area contributed by atoms with Gasteiger partial charge in [0.2, 0.25) is 0 Å². The van der Waals surface area contributed by atoms with Crippen LogP contribution in [-0.2, 0) is 10.8 Å². The summed E-state index contributed by atoms with van der Waals surface area (Å²) in [5.74, 6) is -0.986. The zero-order valence-corrected chi connectivity index (χ0v) is 15.3. The average molecular weight is 326 g/mol. The van der Waals surface area contributed by atoms with Gasteiger partial charge in [0.25, 0.3) is 0 Å². The van der Waals surface area contributed by atoms with Gasteiger partial charge in [0.15, 0.2) is 0 Å². The van der Waals surface area contributed by atoms with Crippen LogP contribution in [0.5, 0.6) is 5.75 Å². The minimum absolute atomic E-state index is 0.0458. The van der Waals surface area contributed by atoms with E-state index in [0.717, 1.165) is 16.7 Å². The molecule has 0 bridgehead atoms. The quantitative estimate of drug-likeness (QED) is 0.782. The molecule has 24 heavy (non-hydrogen) atoms. The van der Waals surface area contributed by atoms with Crippen molar-refractivity contribution in [1.82, 2.24) is 0 Å². The molecule has 0 saturated carbocycles. The van der Waals surface area contributed by atoms with Crippen LogP contribution in [-0.4, -0.2) is 16.2 Å². The van der Waals surface area contributed by atoms with Crippen molar-refractivity contribution in [2.24, 2.45) is 0 Å². The molecule has 0 saturated heterocycles. The van der Waals surface area contributed by atoms with E-state index in [-0.39, 0.29) is 22.1 Å². The number of carbonyl (C=O) groups is 1. The summed E-state index contributed by atoms with van der Waals surface area (Å²) in [7, 11) is 0. The predicted octanol–water partition coefficient (Wildman–Crippen LogP) is 5.35. The van der Waals surface area contributed by atoms with Crippen LogP contribution in [0, 0.1) is 0 Å². The molecule has 0 spiro atoms. The Morgan fingerprint density at radius 2 is 1.38 bits per heavy atom. The van der Waals surface area contributed by atoms with Gasteiger partial charge in [0.1, 0.15) is 5.75 Å². The van der Waals surface area contributed by atoms with E-state index in [2.05, 4.69) is 20.8 Å².